The van der Waals surface area contributed by atoms with E-state index in [1.165, 1.54) is 6.26 Å². The van der Waals surface area contributed by atoms with Gasteiger partial charge in [-0.25, -0.2) is 8.42 Å². The van der Waals surface area contributed by atoms with E-state index < -0.39 is 9.84 Å². The topological polar surface area (TPSA) is 51.2 Å². The van der Waals surface area contributed by atoms with Gasteiger partial charge in [0.25, 0.3) is 0 Å². The molecule has 0 amide bonds. The van der Waals surface area contributed by atoms with Gasteiger partial charge in [-0.3, -0.25) is 4.79 Å². The minimum atomic E-state index is -3.00. The van der Waals surface area contributed by atoms with Crippen molar-refractivity contribution >= 4 is 27.2 Å². The molecule has 1 rings (SSSR count). The van der Waals surface area contributed by atoms with Crippen LogP contribution in [0.1, 0.15) is 28.8 Å². The van der Waals surface area contributed by atoms with Crippen molar-refractivity contribution in [1.29, 1.82) is 0 Å². The van der Waals surface area contributed by atoms with Crippen molar-refractivity contribution in [3.8, 4) is 0 Å². The largest absolute Gasteiger partial charge is 0.294 e. The van der Waals surface area contributed by atoms with Crippen LogP contribution < -0.4 is 0 Å². The Labute approximate surface area is 107 Å². The van der Waals surface area contributed by atoms with Gasteiger partial charge in [0.2, 0.25) is 0 Å². The Hall–Kier alpha value is -0.870. The third-order valence-electron chi connectivity index (χ3n) is 2.28. The van der Waals surface area contributed by atoms with E-state index >= 15 is 0 Å². The number of hydrogen-bond acceptors (Lipinski definition) is 3. The zero-order chi connectivity index (χ0) is 13.1. The molecule has 0 atom stereocenters. The lowest BCUT2D eigenvalue weighted by Gasteiger charge is -2.03. The van der Waals surface area contributed by atoms with Gasteiger partial charge in [-0.05, 0) is 37.1 Å². The van der Waals surface area contributed by atoms with E-state index in [9.17, 15) is 13.2 Å². The van der Waals surface area contributed by atoms with Crippen LogP contribution >= 0.6 is 11.6 Å². The summed E-state index contributed by atoms with van der Waals surface area (Å²) < 4.78 is 21.9. The average molecular weight is 275 g/mol. The third-order valence-corrected chi connectivity index (χ3v) is 3.53. The normalized spacial score (nSPS) is 11.5. The summed E-state index contributed by atoms with van der Waals surface area (Å²) >= 11 is 5.85. The molecule has 17 heavy (non-hydrogen) atoms. The van der Waals surface area contributed by atoms with Gasteiger partial charge in [-0.15, -0.1) is 0 Å². The Morgan fingerprint density at radius 1 is 1.29 bits per heavy atom. The Morgan fingerprint density at radius 2 is 1.94 bits per heavy atom. The highest BCUT2D eigenvalue weighted by atomic mass is 35.5. The fourth-order valence-corrected chi connectivity index (χ4v) is 2.49. The number of carbonyl (C=O) groups excluding carboxylic acids is 1. The number of rotatable bonds is 5. The van der Waals surface area contributed by atoms with Crippen LogP contribution in [0.15, 0.2) is 18.2 Å². The molecule has 0 aliphatic carbocycles. The van der Waals surface area contributed by atoms with Gasteiger partial charge in [0.15, 0.2) is 5.78 Å². The van der Waals surface area contributed by atoms with E-state index in [2.05, 4.69) is 0 Å². The molecule has 1 aromatic carbocycles. The van der Waals surface area contributed by atoms with Crippen LogP contribution in [0.3, 0.4) is 0 Å². The standard InChI is InChI=1S/C12H15ClO3S/c1-9-6-10(8-11(13)7-9)12(14)4-3-5-17(2,15)16/h6-8H,3-5H2,1-2H3. The first kappa shape index (κ1) is 14.2. The molecule has 0 bridgehead atoms. The second-order valence-electron chi connectivity index (χ2n) is 4.17. The zero-order valence-corrected chi connectivity index (χ0v) is 11.4. The van der Waals surface area contributed by atoms with Crippen molar-refractivity contribution in [2.45, 2.75) is 19.8 Å². The molecule has 0 saturated heterocycles. The summed E-state index contributed by atoms with van der Waals surface area (Å²) in [6.45, 7) is 1.86. The fourth-order valence-electron chi connectivity index (χ4n) is 1.54. The summed E-state index contributed by atoms with van der Waals surface area (Å²) in [6.07, 6.45) is 1.75. The van der Waals surface area contributed by atoms with Gasteiger partial charge in [-0.2, -0.15) is 0 Å². The predicted octanol–water partition coefficient (Wildman–Crippen LogP) is 2.66. The summed E-state index contributed by atoms with van der Waals surface area (Å²) in [6, 6.07) is 5.14. The number of benzene rings is 1. The molecule has 0 heterocycles. The summed E-state index contributed by atoms with van der Waals surface area (Å²) in [7, 11) is -3.00. The summed E-state index contributed by atoms with van der Waals surface area (Å²) in [5.74, 6) is -0.0302. The highest BCUT2D eigenvalue weighted by Gasteiger charge is 2.09. The van der Waals surface area contributed by atoms with E-state index in [0.29, 0.717) is 17.0 Å². The van der Waals surface area contributed by atoms with Gasteiger partial charge < -0.3 is 0 Å². The van der Waals surface area contributed by atoms with Crippen molar-refractivity contribution in [3.05, 3.63) is 34.3 Å². The van der Waals surface area contributed by atoms with Crippen LogP contribution in [0.4, 0.5) is 0 Å². The molecule has 5 heteroatoms. The number of carbonyl (C=O) groups is 1. The lowest BCUT2D eigenvalue weighted by molar-refractivity contribution is 0.0982. The monoisotopic (exact) mass is 274 g/mol. The van der Waals surface area contributed by atoms with Crippen molar-refractivity contribution in [2.24, 2.45) is 0 Å². The summed E-state index contributed by atoms with van der Waals surface area (Å²) in [4.78, 5) is 11.8. The number of aryl methyl sites for hydroxylation is 1. The summed E-state index contributed by atoms with van der Waals surface area (Å²) in [5.41, 5.74) is 1.47. The van der Waals surface area contributed by atoms with Gasteiger partial charge in [-0.1, -0.05) is 11.6 Å². The van der Waals surface area contributed by atoms with Crippen LogP contribution in [-0.4, -0.2) is 26.2 Å². The molecule has 0 saturated carbocycles. The van der Waals surface area contributed by atoms with Gasteiger partial charge >= 0.3 is 0 Å². The van der Waals surface area contributed by atoms with E-state index in [1.54, 1.807) is 18.2 Å². The Balaban J connectivity index is 2.64. The molecule has 0 aliphatic rings. The molecule has 0 N–H and O–H groups in total. The molecule has 0 radical (unpaired) electrons. The molecule has 0 aromatic heterocycles. The van der Waals surface area contributed by atoms with Gasteiger partial charge in [0.1, 0.15) is 9.84 Å². The van der Waals surface area contributed by atoms with E-state index in [-0.39, 0.29) is 18.0 Å². The van der Waals surface area contributed by atoms with Crippen molar-refractivity contribution in [2.75, 3.05) is 12.0 Å². The minimum absolute atomic E-state index is 0.0400. The number of Topliss-reactive ketones (excluding diaryl/α,β-unsaturated/α-hetero) is 1. The van der Waals surface area contributed by atoms with Crippen LogP contribution in [0, 0.1) is 6.92 Å². The molecule has 0 aliphatic heterocycles. The Morgan fingerprint density at radius 3 is 2.47 bits per heavy atom. The number of hydrogen-bond donors (Lipinski definition) is 0. The first-order valence-corrected chi connectivity index (χ1v) is 7.70. The Kier molecular flexibility index (Phi) is 4.71. The molecule has 0 unspecified atom stereocenters. The Bertz CT molecular complexity index is 500. The third kappa shape index (κ3) is 5.33. The predicted molar refractivity (Wildman–Crippen MR) is 69.5 cm³/mol. The maximum atomic E-state index is 11.8. The fraction of sp³-hybridized carbons (Fsp3) is 0.417. The zero-order valence-electron chi connectivity index (χ0n) is 9.86. The number of halogens is 1. The highest BCUT2D eigenvalue weighted by molar-refractivity contribution is 7.90. The molecular formula is C12H15ClO3S. The first-order chi connectivity index (χ1) is 7.78. The van der Waals surface area contributed by atoms with Gasteiger partial charge in [0.05, 0.1) is 5.75 Å². The molecule has 1 aromatic rings. The van der Waals surface area contributed by atoms with Crippen LogP contribution in [0.5, 0.6) is 0 Å². The van der Waals surface area contributed by atoms with E-state index in [4.69, 9.17) is 11.6 Å². The quantitative estimate of drug-likeness (QED) is 0.776. The van der Waals surface area contributed by atoms with Crippen molar-refractivity contribution in [3.63, 3.8) is 0 Å². The van der Waals surface area contributed by atoms with E-state index in [1.807, 2.05) is 6.92 Å². The highest BCUT2D eigenvalue weighted by Crippen LogP contribution is 2.16. The molecule has 0 spiro atoms. The molecule has 3 nitrogen and oxygen atoms in total. The summed E-state index contributed by atoms with van der Waals surface area (Å²) in [5, 5.41) is 0.525. The molecular weight excluding hydrogens is 260 g/mol. The first-order valence-electron chi connectivity index (χ1n) is 5.26. The van der Waals surface area contributed by atoms with Crippen molar-refractivity contribution in [1.82, 2.24) is 0 Å². The second kappa shape index (κ2) is 5.65. The number of ketones is 1. The maximum absolute atomic E-state index is 11.8. The van der Waals surface area contributed by atoms with Crippen molar-refractivity contribution < 1.29 is 13.2 Å². The minimum Gasteiger partial charge on any atom is -0.294 e. The average Bonchev–Trinajstić information content (AvgIpc) is 2.13. The smallest absolute Gasteiger partial charge is 0.162 e. The molecule has 94 valence electrons. The maximum Gasteiger partial charge on any atom is 0.162 e. The van der Waals surface area contributed by atoms with Gasteiger partial charge in [0, 0.05) is 23.3 Å². The van der Waals surface area contributed by atoms with Crippen LogP contribution in [0.25, 0.3) is 0 Å². The lowest BCUT2D eigenvalue weighted by Crippen LogP contribution is -2.06. The van der Waals surface area contributed by atoms with Crippen LogP contribution in [0.2, 0.25) is 5.02 Å². The lowest BCUT2D eigenvalue weighted by atomic mass is 10.0. The number of sulfone groups is 1. The second-order valence-corrected chi connectivity index (χ2v) is 6.87. The van der Waals surface area contributed by atoms with E-state index in [0.717, 1.165) is 5.56 Å². The SMILES string of the molecule is Cc1cc(Cl)cc(C(=O)CCCS(C)(=O)=O)c1. The molecule has 0 fully saturated rings. The van der Waals surface area contributed by atoms with Crippen LogP contribution in [-0.2, 0) is 9.84 Å².